The summed E-state index contributed by atoms with van der Waals surface area (Å²) in [6.07, 6.45) is 1.07. The third-order valence-corrected chi connectivity index (χ3v) is 4.35. The highest BCUT2D eigenvalue weighted by molar-refractivity contribution is 7.09. The Morgan fingerprint density at radius 2 is 1.95 bits per heavy atom. The summed E-state index contributed by atoms with van der Waals surface area (Å²) in [5.74, 6) is 0. The van der Waals surface area contributed by atoms with E-state index in [9.17, 15) is 5.11 Å². The van der Waals surface area contributed by atoms with Gasteiger partial charge in [-0.2, -0.15) is 0 Å². The molecule has 1 aromatic carbocycles. The first kappa shape index (κ1) is 15.2. The Hall–Kier alpha value is -1.19. The highest BCUT2D eigenvalue weighted by Crippen LogP contribution is 2.27. The molecule has 0 aliphatic rings. The molecule has 1 N–H and O–H groups in total. The third kappa shape index (κ3) is 3.47. The summed E-state index contributed by atoms with van der Waals surface area (Å²) < 4.78 is 0. The van der Waals surface area contributed by atoms with Gasteiger partial charge in [-0.15, -0.1) is 11.3 Å². The minimum absolute atomic E-state index is 0.0705. The van der Waals surface area contributed by atoms with Crippen LogP contribution in [0.5, 0.6) is 0 Å². The fourth-order valence-electron chi connectivity index (χ4n) is 2.21. The van der Waals surface area contributed by atoms with Crippen molar-refractivity contribution in [1.29, 1.82) is 0 Å². The number of aryl methyl sites for hydroxylation is 1. The smallest absolute Gasteiger partial charge is 0.0957 e. The van der Waals surface area contributed by atoms with E-state index in [2.05, 4.69) is 44.1 Å². The molecule has 108 valence electrons. The predicted molar refractivity (Wildman–Crippen MR) is 85.3 cm³/mol. The normalized spacial score (nSPS) is 13.4. The van der Waals surface area contributed by atoms with Gasteiger partial charge in [-0.05, 0) is 17.5 Å². The molecule has 3 heteroatoms. The van der Waals surface area contributed by atoms with E-state index in [4.69, 9.17) is 0 Å². The van der Waals surface area contributed by atoms with Crippen LogP contribution in [0.15, 0.2) is 29.6 Å². The second-order valence-electron chi connectivity index (χ2n) is 6.15. The minimum atomic E-state index is -0.467. The first-order chi connectivity index (χ1) is 9.41. The van der Waals surface area contributed by atoms with Crippen LogP contribution in [-0.2, 0) is 18.3 Å². The molecule has 0 amide bonds. The van der Waals surface area contributed by atoms with Crippen LogP contribution >= 0.6 is 11.3 Å². The molecule has 0 radical (unpaired) electrons. The number of aromatic nitrogens is 1. The Labute approximate surface area is 125 Å². The van der Waals surface area contributed by atoms with Gasteiger partial charge in [-0.1, -0.05) is 52.0 Å². The number of nitrogens with zero attached hydrogens (tertiary/aromatic N) is 1. The zero-order valence-electron chi connectivity index (χ0n) is 12.7. The average molecular weight is 289 g/mol. The van der Waals surface area contributed by atoms with Crippen molar-refractivity contribution in [3.8, 4) is 0 Å². The van der Waals surface area contributed by atoms with Crippen LogP contribution < -0.4 is 0 Å². The number of hydrogen-bond donors (Lipinski definition) is 1. The van der Waals surface area contributed by atoms with Gasteiger partial charge in [0.15, 0.2) is 0 Å². The van der Waals surface area contributed by atoms with Gasteiger partial charge in [0.25, 0.3) is 0 Å². The first-order valence-corrected chi connectivity index (χ1v) is 8.00. The molecule has 2 nitrogen and oxygen atoms in total. The minimum Gasteiger partial charge on any atom is -0.388 e. The van der Waals surface area contributed by atoms with E-state index in [0.29, 0.717) is 6.42 Å². The average Bonchev–Trinajstić information content (AvgIpc) is 2.87. The van der Waals surface area contributed by atoms with Crippen molar-refractivity contribution in [3.05, 3.63) is 51.5 Å². The Morgan fingerprint density at radius 3 is 2.55 bits per heavy atom. The Bertz CT molecular complexity index is 568. The van der Waals surface area contributed by atoms with Crippen molar-refractivity contribution in [2.45, 2.75) is 52.1 Å². The van der Waals surface area contributed by atoms with Gasteiger partial charge in [0.2, 0.25) is 0 Å². The number of benzene rings is 1. The largest absolute Gasteiger partial charge is 0.388 e. The lowest BCUT2D eigenvalue weighted by Gasteiger charge is -2.15. The molecule has 1 unspecified atom stereocenters. The lowest BCUT2D eigenvalue weighted by atomic mass is 9.93. The van der Waals surface area contributed by atoms with Crippen molar-refractivity contribution in [3.63, 3.8) is 0 Å². The van der Waals surface area contributed by atoms with Crippen molar-refractivity contribution < 1.29 is 5.11 Å². The van der Waals surface area contributed by atoms with E-state index in [1.54, 1.807) is 11.3 Å². The standard InChI is InChI=1S/C17H23NOS/c1-5-12-8-6-7-9-13(12)14(19)10-16-18-15(11-20-16)17(2,3)4/h6-9,11,14,19H,5,10H2,1-4H3. The molecule has 2 aromatic rings. The summed E-state index contributed by atoms with van der Waals surface area (Å²) >= 11 is 1.64. The quantitative estimate of drug-likeness (QED) is 0.911. The monoisotopic (exact) mass is 289 g/mol. The molecule has 0 fully saturated rings. The Kier molecular flexibility index (Phi) is 4.61. The molecule has 1 heterocycles. The topological polar surface area (TPSA) is 33.1 Å². The summed E-state index contributed by atoms with van der Waals surface area (Å²) in [6, 6.07) is 8.11. The Morgan fingerprint density at radius 1 is 1.25 bits per heavy atom. The lowest BCUT2D eigenvalue weighted by molar-refractivity contribution is 0.177. The number of thiazole rings is 1. The third-order valence-electron chi connectivity index (χ3n) is 3.48. The highest BCUT2D eigenvalue weighted by atomic mass is 32.1. The van der Waals surface area contributed by atoms with Crippen molar-refractivity contribution in [2.24, 2.45) is 0 Å². The molecule has 1 atom stereocenters. The molecule has 0 bridgehead atoms. The zero-order chi connectivity index (χ0) is 14.8. The van der Waals surface area contributed by atoms with Gasteiger partial charge in [0.1, 0.15) is 0 Å². The van der Waals surface area contributed by atoms with Crippen molar-refractivity contribution >= 4 is 11.3 Å². The zero-order valence-corrected chi connectivity index (χ0v) is 13.5. The van der Waals surface area contributed by atoms with Crippen LogP contribution in [0.2, 0.25) is 0 Å². The van der Waals surface area contributed by atoms with Gasteiger partial charge in [-0.3, -0.25) is 0 Å². The molecule has 0 saturated carbocycles. The number of aliphatic hydroxyl groups is 1. The fraction of sp³-hybridized carbons (Fsp3) is 0.471. The molecule has 2 rings (SSSR count). The number of rotatable bonds is 4. The molecular weight excluding hydrogens is 266 g/mol. The molecule has 1 aromatic heterocycles. The molecule has 0 aliphatic heterocycles. The van der Waals surface area contributed by atoms with Gasteiger partial charge in [0, 0.05) is 17.2 Å². The van der Waals surface area contributed by atoms with Crippen LogP contribution in [-0.4, -0.2) is 10.1 Å². The van der Waals surface area contributed by atoms with Crippen LogP contribution in [0.4, 0.5) is 0 Å². The predicted octanol–water partition coefficient (Wildman–Crippen LogP) is 4.28. The summed E-state index contributed by atoms with van der Waals surface area (Å²) in [4.78, 5) is 4.66. The van der Waals surface area contributed by atoms with Crippen LogP contribution in [0.1, 0.15) is 55.6 Å². The van der Waals surface area contributed by atoms with Gasteiger partial charge >= 0.3 is 0 Å². The molecular formula is C17H23NOS. The van der Waals surface area contributed by atoms with Crippen LogP contribution in [0.3, 0.4) is 0 Å². The second kappa shape index (κ2) is 6.06. The summed E-state index contributed by atoms with van der Waals surface area (Å²) in [7, 11) is 0. The van der Waals surface area contributed by atoms with E-state index in [0.717, 1.165) is 22.7 Å². The molecule has 0 saturated heterocycles. The molecule has 0 spiro atoms. The second-order valence-corrected chi connectivity index (χ2v) is 7.09. The SMILES string of the molecule is CCc1ccccc1C(O)Cc1nc(C(C)(C)C)cs1. The number of hydrogen-bond acceptors (Lipinski definition) is 3. The van der Waals surface area contributed by atoms with E-state index in [1.807, 2.05) is 18.2 Å². The molecule has 20 heavy (non-hydrogen) atoms. The first-order valence-electron chi connectivity index (χ1n) is 7.12. The van der Waals surface area contributed by atoms with E-state index in [-0.39, 0.29) is 5.41 Å². The summed E-state index contributed by atoms with van der Waals surface area (Å²) in [5.41, 5.74) is 3.42. The van der Waals surface area contributed by atoms with Gasteiger partial charge in [0.05, 0.1) is 16.8 Å². The van der Waals surface area contributed by atoms with E-state index in [1.165, 1.54) is 5.56 Å². The van der Waals surface area contributed by atoms with Gasteiger partial charge in [-0.25, -0.2) is 4.98 Å². The van der Waals surface area contributed by atoms with Crippen molar-refractivity contribution in [2.75, 3.05) is 0 Å². The fourth-order valence-corrected chi connectivity index (χ4v) is 3.26. The number of aliphatic hydroxyl groups excluding tert-OH is 1. The maximum Gasteiger partial charge on any atom is 0.0957 e. The van der Waals surface area contributed by atoms with E-state index >= 15 is 0 Å². The maximum atomic E-state index is 10.5. The highest BCUT2D eigenvalue weighted by Gasteiger charge is 2.19. The van der Waals surface area contributed by atoms with Crippen LogP contribution in [0, 0.1) is 0 Å². The summed E-state index contributed by atoms with van der Waals surface area (Å²) in [6.45, 7) is 8.60. The Balaban J connectivity index is 2.15. The lowest BCUT2D eigenvalue weighted by Crippen LogP contribution is -2.12. The van der Waals surface area contributed by atoms with Gasteiger partial charge < -0.3 is 5.11 Å². The maximum absolute atomic E-state index is 10.5. The molecule has 0 aliphatic carbocycles. The van der Waals surface area contributed by atoms with E-state index < -0.39 is 6.10 Å². The van der Waals surface area contributed by atoms with Crippen LogP contribution in [0.25, 0.3) is 0 Å². The van der Waals surface area contributed by atoms with Crippen molar-refractivity contribution in [1.82, 2.24) is 4.98 Å². The summed E-state index contributed by atoms with van der Waals surface area (Å²) in [5, 5.41) is 13.6.